The highest BCUT2D eigenvalue weighted by molar-refractivity contribution is 7.85. The van der Waals surface area contributed by atoms with Crippen molar-refractivity contribution in [2.24, 2.45) is 4.99 Å². The molecule has 0 aliphatic carbocycles. The van der Waals surface area contributed by atoms with E-state index < -0.39 is 10.8 Å². The van der Waals surface area contributed by atoms with Crippen LogP contribution in [-0.4, -0.2) is 60.1 Å². The minimum Gasteiger partial charge on any atom is -0.356 e. The molecule has 0 spiro atoms. The van der Waals surface area contributed by atoms with Crippen LogP contribution in [0, 0.1) is 0 Å². The lowest BCUT2D eigenvalue weighted by atomic mass is 10.0. The van der Waals surface area contributed by atoms with Gasteiger partial charge < -0.3 is 15.5 Å². The van der Waals surface area contributed by atoms with Gasteiger partial charge in [0.1, 0.15) is 0 Å². The summed E-state index contributed by atoms with van der Waals surface area (Å²) in [4.78, 5) is 7.70. The van der Waals surface area contributed by atoms with Crippen molar-refractivity contribution in [1.82, 2.24) is 15.5 Å². The third-order valence-electron chi connectivity index (χ3n) is 4.66. The molecule has 1 aromatic carbocycles. The van der Waals surface area contributed by atoms with Gasteiger partial charge in [-0.15, -0.1) is 0 Å². The summed E-state index contributed by atoms with van der Waals surface area (Å²) in [7, 11) is 0.805. The summed E-state index contributed by atoms with van der Waals surface area (Å²) in [6.07, 6.45) is 5.15. The smallest absolute Gasteiger partial charge is 0.191 e. The molecular weight excluding hydrogens is 332 g/mol. The van der Waals surface area contributed by atoms with Crippen molar-refractivity contribution < 1.29 is 4.21 Å². The zero-order valence-electron chi connectivity index (χ0n) is 15.5. The van der Waals surface area contributed by atoms with E-state index in [1.54, 1.807) is 7.05 Å². The van der Waals surface area contributed by atoms with Crippen LogP contribution in [-0.2, 0) is 10.8 Å². The second kappa shape index (κ2) is 11.3. The molecular formula is C19H32N4OS. The molecule has 1 aliphatic rings. The lowest BCUT2D eigenvalue weighted by Gasteiger charge is -2.33. The zero-order chi connectivity index (χ0) is 17.9. The van der Waals surface area contributed by atoms with Crippen molar-refractivity contribution in [2.45, 2.75) is 43.5 Å². The van der Waals surface area contributed by atoms with Gasteiger partial charge in [0.25, 0.3) is 0 Å². The molecule has 25 heavy (non-hydrogen) atoms. The maximum atomic E-state index is 12.2. The molecule has 6 heteroatoms. The molecule has 2 unspecified atom stereocenters. The Kier molecular flexibility index (Phi) is 8.97. The van der Waals surface area contributed by atoms with Gasteiger partial charge in [-0.05, 0) is 44.9 Å². The number of guanidine groups is 1. The van der Waals surface area contributed by atoms with Gasteiger partial charge in [-0.1, -0.05) is 24.6 Å². The first-order chi connectivity index (χ1) is 12.2. The third kappa shape index (κ3) is 7.16. The van der Waals surface area contributed by atoms with Crippen LogP contribution >= 0.6 is 0 Å². The lowest BCUT2D eigenvalue weighted by molar-refractivity contribution is 0.159. The Hall–Kier alpha value is -1.40. The van der Waals surface area contributed by atoms with E-state index in [2.05, 4.69) is 27.4 Å². The van der Waals surface area contributed by atoms with Crippen molar-refractivity contribution in [2.75, 3.05) is 39.0 Å². The van der Waals surface area contributed by atoms with E-state index in [1.165, 1.54) is 25.8 Å². The molecule has 5 nitrogen and oxygen atoms in total. The van der Waals surface area contributed by atoms with Crippen molar-refractivity contribution in [3.8, 4) is 0 Å². The molecule has 2 N–H and O–H groups in total. The van der Waals surface area contributed by atoms with Crippen LogP contribution in [0.3, 0.4) is 0 Å². The van der Waals surface area contributed by atoms with Crippen LogP contribution in [0.1, 0.15) is 32.6 Å². The van der Waals surface area contributed by atoms with Crippen LogP contribution in [0.2, 0.25) is 0 Å². The Bertz CT molecular complexity index is 550. The lowest BCUT2D eigenvalue weighted by Crippen LogP contribution is -2.42. The van der Waals surface area contributed by atoms with Crippen molar-refractivity contribution in [3.63, 3.8) is 0 Å². The molecule has 0 saturated carbocycles. The largest absolute Gasteiger partial charge is 0.356 e. The second-order valence-corrected chi connectivity index (χ2v) is 8.09. The summed E-state index contributed by atoms with van der Waals surface area (Å²) in [5, 5.41) is 6.60. The molecule has 1 heterocycles. The van der Waals surface area contributed by atoms with E-state index in [0.29, 0.717) is 12.3 Å². The number of nitrogens with zero attached hydrogens (tertiary/aromatic N) is 2. The van der Waals surface area contributed by atoms with E-state index in [4.69, 9.17) is 0 Å². The maximum Gasteiger partial charge on any atom is 0.191 e. The van der Waals surface area contributed by atoms with Crippen molar-refractivity contribution in [3.05, 3.63) is 30.3 Å². The van der Waals surface area contributed by atoms with Gasteiger partial charge in [0.15, 0.2) is 5.96 Å². The molecule has 0 amide bonds. The first-order valence-corrected chi connectivity index (χ1v) is 10.6. The molecule has 0 radical (unpaired) electrons. The first kappa shape index (κ1) is 19.9. The number of aliphatic imine (C=N–C) groups is 1. The number of hydrogen-bond acceptors (Lipinski definition) is 3. The van der Waals surface area contributed by atoms with Gasteiger partial charge in [0, 0.05) is 43.4 Å². The van der Waals surface area contributed by atoms with E-state index in [1.807, 2.05) is 30.3 Å². The van der Waals surface area contributed by atoms with Gasteiger partial charge >= 0.3 is 0 Å². The Morgan fingerprint density at radius 1 is 1.24 bits per heavy atom. The first-order valence-electron chi connectivity index (χ1n) is 9.32. The van der Waals surface area contributed by atoms with Crippen LogP contribution < -0.4 is 10.6 Å². The molecule has 2 atom stereocenters. The molecule has 0 bridgehead atoms. The normalized spacial score (nSPS) is 20.2. The van der Waals surface area contributed by atoms with E-state index >= 15 is 0 Å². The van der Waals surface area contributed by atoms with Gasteiger partial charge in [-0.3, -0.25) is 9.20 Å². The summed E-state index contributed by atoms with van der Waals surface area (Å²) in [5.74, 6) is 1.37. The molecule has 1 saturated heterocycles. The van der Waals surface area contributed by atoms with Crippen LogP contribution in [0.5, 0.6) is 0 Å². The van der Waals surface area contributed by atoms with Crippen LogP contribution in [0.25, 0.3) is 0 Å². The summed E-state index contributed by atoms with van der Waals surface area (Å²) >= 11 is 0. The fourth-order valence-electron chi connectivity index (χ4n) is 3.15. The number of nitrogens with one attached hydrogen (secondary N) is 2. The predicted octanol–water partition coefficient (Wildman–Crippen LogP) is 2.22. The predicted molar refractivity (Wildman–Crippen MR) is 107 cm³/mol. The Morgan fingerprint density at radius 2 is 2.00 bits per heavy atom. The highest BCUT2D eigenvalue weighted by Crippen LogP contribution is 2.16. The van der Waals surface area contributed by atoms with Gasteiger partial charge in [-0.2, -0.15) is 0 Å². The highest BCUT2D eigenvalue weighted by atomic mass is 32.2. The van der Waals surface area contributed by atoms with Gasteiger partial charge in [0.2, 0.25) is 0 Å². The maximum absolute atomic E-state index is 12.2. The number of rotatable bonds is 8. The molecule has 1 aliphatic heterocycles. The summed E-state index contributed by atoms with van der Waals surface area (Å²) in [6.45, 7) is 6.26. The Labute approximate surface area is 154 Å². The van der Waals surface area contributed by atoms with Gasteiger partial charge in [-0.25, -0.2) is 0 Å². The second-order valence-electron chi connectivity index (χ2n) is 6.52. The zero-order valence-corrected chi connectivity index (χ0v) is 16.4. The van der Waals surface area contributed by atoms with Crippen molar-refractivity contribution in [1.29, 1.82) is 0 Å². The monoisotopic (exact) mass is 364 g/mol. The Balaban J connectivity index is 1.60. The highest BCUT2D eigenvalue weighted by Gasteiger charge is 2.17. The molecule has 0 aromatic heterocycles. The third-order valence-corrected chi connectivity index (χ3v) is 6.04. The quantitative estimate of drug-likeness (QED) is 0.422. The summed E-state index contributed by atoms with van der Waals surface area (Å²) in [6, 6.07) is 10.3. The van der Waals surface area contributed by atoms with Gasteiger partial charge in [0.05, 0.1) is 10.8 Å². The minimum absolute atomic E-state index is 0.579. The molecule has 1 aromatic rings. The number of piperidine rings is 1. The summed E-state index contributed by atoms with van der Waals surface area (Å²) < 4.78 is 12.2. The average molecular weight is 365 g/mol. The van der Waals surface area contributed by atoms with E-state index in [0.717, 1.165) is 36.4 Å². The minimum atomic E-state index is -0.969. The van der Waals surface area contributed by atoms with Crippen molar-refractivity contribution >= 4 is 16.8 Å². The average Bonchev–Trinajstić information content (AvgIpc) is 2.65. The molecule has 2 rings (SSSR count). The number of hydrogen-bond donors (Lipinski definition) is 2. The topological polar surface area (TPSA) is 56.7 Å². The van der Waals surface area contributed by atoms with E-state index in [-0.39, 0.29) is 0 Å². The standard InChI is InChI=1S/C19H32N4OS/c1-17-9-6-7-14-23(17)15-8-12-21-19(20-2)22-13-16-25(24)18-10-4-3-5-11-18/h3-5,10-11,17H,6-9,12-16H2,1-2H3,(H2,20,21,22). The van der Waals surface area contributed by atoms with Crippen LogP contribution in [0.15, 0.2) is 40.2 Å². The molecule has 140 valence electrons. The SMILES string of the molecule is CN=C(NCCCN1CCCCC1C)NCCS(=O)c1ccccc1. The number of benzene rings is 1. The fraction of sp³-hybridized carbons (Fsp3) is 0.632. The fourth-order valence-corrected chi connectivity index (χ4v) is 4.14. The Morgan fingerprint density at radius 3 is 2.72 bits per heavy atom. The summed E-state index contributed by atoms with van der Waals surface area (Å²) in [5.41, 5.74) is 0. The number of likely N-dealkylation sites (tertiary alicyclic amines) is 1. The van der Waals surface area contributed by atoms with E-state index in [9.17, 15) is 4.21 Å². The van der Waals surface area contributed by atoms with Crippen LogP contribution in [0.4, 0.5) is 0 Å². The molecule has 1 fully saturated rings.